The Morgan fingerprint density at radius 3 is 2.35 bits per heavy atom. The maximum absolute atomic E-state index is 12.7. The molecule has 23 heavy (non-hydrogen) atoms. The second-order valence-corrected chi connectivity index (χ2v) is 6.03. The van der Waals surface area contributed by atoms with Crippen molar-refractivity contribution < 1.29 is 32.6 Å². The number of hydrogen-bond acceptors (Lipinski definition) is 3. The van der Waals surface area contributed by atoms with Gasteiger partial charge in [-0.1, -0.05) is 32.0 Å². The number of carbonyl (C=O) groups excluding carboxylic acids is 1. The summed E-state index contributed by atoms with van der Waals surface area (Å²) in [6.07, 6.45) is -4.74. The molecule has 0 saturated heterocycles. The predicted octanol–water partition coefficient (Wildman–Crippen LogP) is 3.54. The van der Waals surface area contributed by atoms with E-state index in [9.17, 15) is 27.9 Å². The average molecular weight is 332 g/mol. The quantitative estimate of drug-likeness (QED) is 0.809. The van der Waals surface area contributed by atoms with E-state index in [0.29, 0.717) is 0 Å². The van der Waals surface area contributed by atoms with Crippen LogP contribution in [0.15, 0.2) is 24.3 Å². The third-order valence-corrected chi connectivity index (χ3v) is 3.76. The third-order valence-electron chi connectivity index (χ3n) is 3.76. The van der Waals surface area contributed by atoms with Gasteiger partial charge in [0.2, 0.25) is 0 Å². The summed E-state index contributed by atoms with van der Waals surface area (Å²) in [5.74, 6) is -2.76. The zero-order chi connectivity index (χ0) is 17.8. The van der Waals surface area contributed by atoms with Gasteiger partial charge >= 0.3 is 18.1 Å². The molecular formula is C16H19F3O4. The number of aliphatic carboxylic acids is 1. The molecule has 0 fully saturated rings. The maximum atomic E-state index is 12.7. The van der Waals surface area contributed by atoms with Gasteiger partial charge < -0.3 is 9.84 Å². The minimum atomic E-state index is -4.49. The normalized spacial score (nSPS) is 13.5. The summed E-state index contributed by atoms with van der Waals surface area (Å²) in [5.41, 5.74) is -1.54. The molecule has 0 spiro atoms. The fourth-order valence-corrected chi connectivity index (χ4v) is 2.38. The first-order valence-corrected chi connectivity index (χ1v) is 6.93. The molecule has 0 bridgehead atoms. The number of ether oxygens (including phenoxy) is 1. The summed E-state index contributed by atoms with van der Waals surface area (Å²) in [6.45, 7) is 3.16. The van der Waals surface area contributed by atoms with Gasteiger partial charge in [-0.05, 0) is 23.5 Å². The summed E-state index contributed by atoms with van der Waals surface area (Å²) in [5, 5.41) is 9.41. The van der Waals surface area contributed by atoms with E-state index in [4.69, 9.17) is 0 Å². The molecule has 4 nitrogen and oxygen atoms in total. The Labute approximate surface area is 132 Å². The second kappa shape index (κ2) is 7.02. The van der Waals surface area contributed by atoms with Crippen molar-refractivity contribution >= 4 is 11.9 Å². The Morgan fingerprint density at radius 1 is 1.26 bits per heavy atom. The van der Waals surface area contributed by atoms with Crippen molar-refractivity contribution in [3.8, 4) is 0 Å². The highest BCUT2D eigenvalue weighted by Crippen LogP contribution is 2.35. The van der Waals surface area contributed by atoms with E-state index in [1.54, 1.807) is 13.8 Å². The largest absolute Gasteiger partial charge is 0.481 e. The van der Waals surface area contributed by atoms with Gasteiger partial charge in [0.05, 0.1) is 25.0 Å². The fraction of sp³-hybridized carbons (Fsp3) is 0.500. The smallest absolute Gasteiger partial charge is 0.416 e. The van der Waals surface area contributed by atoms with Crippen LogP contribution >= 0.6 is 0 Å². The Bertz CT molecular complexity index is 579. The summed E-state index contributed by atoms with van der Waals surface area (Å²) in [6, 6.07) is 4.55. The monoisotopic (exact) mass is 332 g/mol. The predicted molar refractivity (Wildman–Crippen MR) is 76.7 cm³/mol. The molecule has 0 aliphatic heterocycles. The van der Waals surface area contributed by atoms with Crippen LogP contribution in [0.4, 0.5) is 13.2 Å². The Kier molecular flexibility index (Phi) is 5.80. The molecule has 0 aromatic heterocycles. The molecule has 0 heterocycles. The number of esters is 1. The van der Waals surface area contributed by atoms with E-state index >= 15 is 0 Å². The van der Waals surface area contributed by atoms with Crippen molar-refractivity contribution in [1.29, 1.82) is 0 Å². The van der Waals surface area contributed by atoms with Crippen molar-refractivity contribution in [2.45, 2.75) is 32.9 Å². The van der Waals surface area contributed by atoms with Gasteiger partial charge in [-0.3, -0.25) is 9.59 Å². The second-order valence-electron chi connectivity index (χ2n) is 6.03. The highest BCUT2D eigenvalue weighted by atomic mass is 19.4. The van der Waals surface area contributed by atoms with Gasteiger partial charge in [0.15, 0.2) is 0 Å². The lowest BCUT2D eigenvalue weighted by Gasteiger charge is -2.30. The Balaban J connectivity index is 3.05. The van der Waals surface area contributed by atoms with Crippen LogP contribution in [0.2, 0.25) is 0 Å². The van der Waals surface area contributed by atoms with E-state index in [1.807, 2.05) is 0 Å². The number of hydrogen-bond donors (Lipinski definition) is 1. The molecule has 1 unspecified atom stereocenters. The number of carboxylic acid groups (broad SMARTS) is 1. The van der Waals surface area contributed by atoms with E-state index in [2.05, 4.69) is 4.74 Å². The third kappa shape index (κ3) is 5.26. The number of carboxylic acids is 1. The molecule has 1 aromatic carbocycles. The molecule has 1 N–H and O–H groups in total. The molecular weight excluding hydrogens is 313 g/mol. The topological polar surface area (TPSA) is 63.6 Å². The van der Waals surface area contributed by atoms with Gasteiger partial charge in [0.25, 0.3) is 0 Å². The van der Waals surface area contributed by atoms with E-state index < -0.39 is 35.0 Å². The van der Waals surface area contributed by atoms with Crippen LogP contribution in [0, 0.1) is 11.3 Å². The number of rotatable bonds is 6. The van der Waals surface area contributed by atoms with Gasteiger partial charge in [-0.15, -0.1) is 0 Å². The summed E-state index contributed by atoms with van der Waals surface area (Å²) in [4.78, 5) is 23.0. The van der Waals surface area contributed by atoms with Gasteiger partial charge in [-0.2, -0.15) is 13.2 Å². The van der Waals surface area contributed by atoms with Crippen LogP contribution in [-0.2, 0) is 26.9 Å². The Hall–Kier alpha value is -2.05. The van der Waals surface area contributed by atoms with Crippen molar-refractivity contribution in [3.63, 3.8) is 0 Å². The lowest BCUT2D eigenvalue weighted by Crippen LogP contribution is -2.35. The maximum Gasteiger partial charge on any atom is 0.416 e. The average Bonchev–Trinajstić information content (AvgIpc) is 2.43. The molecule has 0 radical (unpaired) electrons. The minimum Gasteiger partial charge on any atom is -0.481 e. The highest BCUT2D eigenvalue weighted by Gasteiger charge is 2.38. The van der Waals surface area contributed by atoms with Crippen molar-refractivity contribution in [3.05, 3.63) is 35.4 Å². The van der Waals surface area contributed by atoms with Gasteiger partial charge in [-0.25, -0.2) is 0 Å². The zero-order valence-electron chi connectivity index (χ0n) is 13.1. The van der Waals surface area contributed by atoms with Gasteiger partial charge in [0.1, 0.15) is 0 Å². The molecule has 0 aliphatic carbocycles. The van der Waals surface area contributed by atoms with Crippen molar-refractivity contribution in [2.75, 3.05) is 7.11 Å². The first kappa shape index (κ1) is 19.0. The molecule has 0 saturated carbocycles. The SMILES string of the molecule is COC(=O)CC(C)(C)C(Cc1cccc(C(F)(F)F)c1)C(=O)O. The van der Waals surface area contributed by atoms with Crippen LogP contribution in [0.25, 0.3) is 0 Å². The summed E-state index contributed by atoms with van der Waals surface area (Å²) < 4.78 is 42.8. The molecule has 1 aromatic rings. The number of carbonyl (C=O) groups is 2. The van der Waals surface area contributed by atoms with Crippen molar-refractivity contribution in [1.82, 2.24) is 0 Å². The molecule has 128 valence electrons. The zero-order valence-corrected chi connectivity index (χ0v) is 13.1. The summed E-state index contributed by atoms with van der Waals surface area (Å²) in [7, 11) is 1.20. The molecule has 1 atom stereocenters. The van der Waals surface area contributed by atoms with E-state index in [-0.39, 0.29) is 18.4 Å². The molecule has 7 heteroatoms. The van der Waals surface area contributed by atoms with Crippen LogP contribution in [0.5, 0.6) is 0 Å². The highest BCUT2D eigenvalue weighted by molar-refractivity contribution is 5.75. The van der Waals surface area contributed by atoms with E-state index in [1.165, 1.54) is 19.2 Å². The number of halogens is 3. The first-order chi connectivity index (χ1) is 10.5. The van der Waals surface area contributed by atoms with Gasteiger partial charge in [0, 0.05) is 0 Å². The fourth-order valence-electron chi connectivity index (χ4n) is 2.38. The Morgan fingerprint density at radius 2 is 1.87 bits per heavy atom. The summed E-state index contributed by atoms with van der Waals surface area (Å²) >= 11 is 0. The molecule has 0 amide bonds. The minimum absolute atomic E-state index is 0.108. The lowest BCUT2D eigenvalue weighted by molar-refractivity contribution is -0.150. The van der Waals surface area contributed by atoms with Crippen LogP contribution in [0.3, 0.4) is 0 Å². The molecule has 0 aliphatic rings. The number of alkyl halides is 3. The van der Waals surface area contributed by atoms with Crippen LogP contribution in [0.1, 0.15) is 31.4 Å². The van der Waals surface area contributed by atoms with Crippen LogP contribution in [-0.4, -0.2) is 24.2 Å². The van der Waals surface area contributed by atoms with E-state index in [0.717, 1.165) is 12.1 Å². The lowest BCUT2D eigenvalue weighted by atomic mass is 9.73. The van der Waals surface area contributed by atoms with Crippen molar-refractivity contribution in [2.24, 2.45) is 11.3 Å². The standard InChI is InChI=1S/C16H19F3O4/c1-15(2,9-13(20)23-3)12(14(21)22)8-10-5-4-6-11(7-10)16(17,18)19/h4-7,12H,8-9H2,1-3H3,(H,21,22). The van der Waals surface area contributed by atoms with Crippen LogP contribution < -0.4 is 0 Å². The molecule has 1 rings (SSSR count). The first-order valence-electron chi connectivity index (χ1n) is 6.93. The number of methoxy groups -OCH3 is 1. The number of benzene rings is 1.